The first kappa shape index (κ1) is 16.8. The van der Waals surface area contributed by atoms with E-state index >= 15 is 0 Å². The Hall–Kier alpha value is -3.03. The number of pyridine rings is 1. The number of rotatable bonds is 5. The summed E-state index contributed by atoms with van der Waals surface area (Å²) < 4.78 is 28.2. The Kier molecular flexibility index (Phi) is 4.87. The molecule has 2 aromatic heterocycles. The summed E-state index contributed by atoms with van der Waals surface area (Å²) in [5.74, 6) is -0.637. The summed E-state index contributed by atoms with van der Waals surface area (Å²) in [4.78, 5) is 12.0. The third-order valence-electron chi connectivity index (χ3n) is 3.77. The van der Waals surface area contributed by atoms with E-state index in [9.17, 15) is 13.6 Å². The second-order valence-corrected chi connectivity index (χ2v) is 5.59. The van der Waals surface area contributed by atoms with Crippen LogP contribution in [0.3, 0.4) is 0 Å². The SMILES string of the molecule is C[C@H](NC(=O)NCCc1ccc(F)cc1F)c1nnc2ccccn12. The Balaban J connectivity index is 1.53. The molecule has 0 unspecified atom stereocenters. The van der Waals surface area contributed by atoms with Gasteiger partial charge in [0.15, 0.2) is 11.5 Å². The summed E-state index contributed by atoms with van der Waals surface area (Å²) in [5, 5.41) is 13.5. The van der Waals surface area contributed by atoms with Crippen LogP contribution in [0.4, 0.5) is 13.6 Å². The number of hydrogen-bond acceptors (Lipinski definition) is 3. The van der Waals surface area contributed by atoms with E-state index in [4.69, 9.17) is 0 Å². The quantitative estimate of drug-likeness (QED) is 0.747. The fourth-order valence-corrected chi connectivity index (χ4v) is 2.50. The highest BCUT2D eigenvalue weighted by Crippen LogP contribution is 2.12. The molecule has 0 spiro atoms. The summed E-state index contributed by atoms with van der Waals surface area (Å²) in [6, 6.07) is 8.15. The minimum atomic E-state index is -0.624. The predicted molar refractivity (Wildman–Crippen MR) is 88.0 cm³/mol. The number of aromatic nitrogens is 3. The van der Waals surface area contributed by atoms with Crippen LogP contribution < -0.4 is 10.6 Å². The molecule has 0 aliphatic rings. The average Bonchev–Trinajstić information content (AvgIpc) is 3.01. The molecule has 8 heteroatoms. The van der Waals surface area contributed by atoms with Crippen LogP contribution >= 0.6 is 0 Å². The molecule has 25 heavy (non-hydrogen) atoms. The fraction of sp³-hybridized carbons (Fsp3) is 0.235. The van der Waals surface area contributed by atoms with E-state index in [1.807, 2.05) is 24.4 Å². The number of halogens is 2. The van der Waals surface area contributed by atoms with Crippen molar-refractivity contribution in [2.75, 3.05) is 6.54 Å². The molecule has 6 nitrogen and oxygen atoms in total. The Morgan fingerprint density at radius 3 is 2.88 bits per heavy atom. The standard InChI is InChI=1S/C17H17F2N5O/c1-11(16-23-22-15-4-2-3-9-24(15)16)21-17(25)20-8-7-12-5-6-13(18)10-14(12)19/h2-6,9-11H,7-8H2,1H3,(H2,20,21,25)/t11-/m0/s1. The predicted octanol–water partition coefficient (Wildman–Crippen LogP) is 2.61. The number of amides is 2. The molecule has 1 atom stereocenters. The van der Waals surface area contributed by atoms with E-state index in [0.717, 1.165) is 6.07 Å². The molecule has 2 N–H and O–H groups in total. The monoisotopic (exact) mass is 345 g/mol. The first-order chi connectivity index (χ1) is 12.0. The summed E-state index contributed by atoms with van der Waals surface area (Å²) in [5.41, 5.74) is 1.04. The minimum Gasteiger partial charge on any atom is -0.338 e. The van der Waals surface area contributed by atoms with Gasteiger partial charge in [-0.1, -0.05) is 12.1 Å². The van der Waals surface area contributed by atoms with Gasteiger partial charge in [-0.25, -0.2) is 13.6 Å². The maximum atomic E-state index is 13.5. The smallest absolute Gasteiger partial charge is 0.315 e. The molecule has 0 fully saturated rings. The van der Waals surface area contributed by atoms with Crippen LogP contribution in [0.15, 0.2) is 42.6 Å². The van der Waals surface area contributed by atoms with E-state index < -0.39 is 17.7 Å². The van der Waals surface area contributed by atoms with Gasteiger partial charge in [0.05, 0.1) is 6.04 Å². The van der Waals surface area contributed by atoms with Gasteiger partial charge in [-0.2, -0.15) is 0 Å². The first-order valence-electron chi connectivity index (χ1n) is 7.82. The topological polar surface area (TPSA) is 71.3 Å². The van der Waals surface area contributed by atoms with Crippen molar-refractivity contribution in [3.63, 3.8) is 0 Å². The van der Waals surface area contributed by atoms with Crippen molar-refractivity contribution in [3.05, 3.63) is 65.6 Å². The summed E-state index contributed by atoms with van der Waals surface area (Å²) in [6.45, 7) is 2.02. The Bertz CT molecular complexity index is 896. The number of fused-ring (bicyclic) bond motifs is 1. The molecule has 0 bridgehead atoms. The Morgan fingerprint density at radius 1 is 1.24 bits per heavy atom. The molecule has 3 rings (SSSR count). The molecule has 2 amide bonds. The van der Waals surface area contributed by atoms with Crippen LogP contribution in [-0.2, 0) is 6.42 Å². The zero-order valence-corrected chi connectivity index (χ0v) is 13.5. The molecule has 0 saturated carbocycles. The van der Waals surface area contributed by atoms with Gasteiger partial charge in [0.2, 0.25) is 0 Å². The first-order valence-corrected chi connectivity index (χ1v) is 7.82. The van der Waals surface area contributed by atoms with Crippen LogP contribution in [-0.4, -0.2) is 27.2 Å². The van der Waals surface area contributed by atoms with Gasteiger partial charge in [-0.15, -0.1) is 10.2 Å². The van der Waals surface area contributed by atoms with Crippen LogP contribution in [0.1, 0.15) is 24.4 Å². The summed E-state index contributed by atoms with van der Waals surface area (Å²) >= 11 is 0. The molecule has 3 aromatic rings. The van der Waals surface area contributed by atoms with Crippen molar-refractivity contribution < 1.29 is 13.6 Å². The van der Waals surface area contributed by atoms with Gasteiger partial charge in [0, 0.05) is 18.8 Å². The maximum Gasteiger partial charge on any atom is 0.315 e. The molecule has 1 aromatic carbocycles. The lowest BCUT2D eigenvalue weighted by Crippen LogP contribution is -2.38. The number of urea groups is 1. The molecule has 0 aliphatic carbocycles. The van der Waals surface area contributed by atoms with Gasteiger partial charge in [0.1, 0.15) is 11.6 Å². The van der Waals surface area contributed by atoms with Gasteiger partial charge in [-0.05, 0) is 37.1 Å². The third kappa shape index (κ3) is 3.90. The molecule has 0 saturated heterocycles. The van der Waals surface area contributed by atoms with E-state index in [2.05, 4.69) is 20.8 Å². The Morgan fingerprint density at radius 2 is 2.08 bits per heavy atom. The number of benzene rings is 1. The largest absolute Gasteiger partial charge is 0.338 e. The van der Waals surface area contributed by atoms with Gasteiger partial charge < -0.3 is 10.6 Å². The summed E-state index contributed by atoms with van der Waals surface area (Å²) in [6.07, 6.45) is 2.08. The second-order valence-electron chi connectivity index (χ2n) is 5.59. The van der Waals surface area contributed by atoms with Crippen LogP contribution in [0.5, 0.6) is 0 Å². The van der Waals surface area contributed by atoms with E-state index in [1.54, 1.807) is 11.3 Å². The molecule has 0 radical (unpaired) electrons. The summed E-state index contributed by atoms with van der Waals surface area (Å²) in [7, 11) is 0. The molecule has 0 aliphatic heterocycles. The lowest BCUT2D eigenvalue weighted by atomic mass is 10.1. The highest BCUT2D eigenvalue weighted by atomic mass is 19.1. The van der Waals surface area contributed by atoms with Gasteiger partial charge in [-0.3, -0.25) is 4.40 Å². The maximum absolute atomic E-state index is 13.5. The number of carbonyl (C=O) groups is 1. The van der Waals surface area contributed by atoms with E-state index in [-0.39, 0.29) is 19.0 Å². The third-order valence-corrected chi connectivity index (χ3v) is 3.77. The van der Waals surface area contributed by atoms with E-state index in [0.29, 0.717) is 17.0 Å². The van der Waals surface area contributed by atoms with Crippen molar-refractivity contribution in [2.45, 2.75) is 19.4 Å². The molecule has 130 valence electrons. The highest BCUT2D eigenvalue weighted by Gasteiger charge is 2.15. The van der Waals surface area contributed by atoms with Crippen molar-refractivity contribution in [1.82, 2.24) is 25.2 Å². The van der Waals surface area contributed by atoms with Crippen LogP contribution in [0.25, 0.3) is 5.65 Å². The molecule has 2 heterocycles. The lowest BCUT2D eigenvalue weighted by molar-refractivity contribution is 0.237. The van der Waals surface area contributed by atoms with Gasteiger partial charge >= 0.3 is 6.03 Å². The van der Waals surface area contributed by atoms with Crippen molar-refractivity contribution in [3.8, 4) is 0 Å². The van der Waals surface area contributed by atoms with Crippen LogP contribution in [0.2, 0.25) is 0 Å². The Labute approximate surface area is 142 Å². The molecular weight excluding hydrogens is 328 g/mol. The number of nitrogens with one attached hydrogen (secondary N) is 2. The number of nitrogens with zero attached hydrogens (tertiary/aromatic N) is 3. The fourth-order valence-electron chi connectivity index (χ4n) is 2.50. The van der Waals surface area contributed by atoms with Crippen molar-refractivity contribution in [2.24, 2.45) is 0 Å². The number of carbonyl (C=O) groups excluding carboxylic acids is 1. The van der Waals surface area contributed by atoms with Gasteiger partial charge in [0.25, 0.3) is 0 Å². The number of hydrogen-bond donors (Lipinski definition) is 2. The van der Waals surface area contributed by atoms with Crippen LogP contribution in [0, 0.1) is 11.6 Å². The minimum absolute atomic E-state index is 0.224. The highest BCUT2D eigenvalue weighted by molar-refractivity contribution is 5.74. The average molecular weight is 345 g/mol. The zero-order chi connectivity index (χ0) is 17.8. The normalized spacial score (nSPS) is 12.1. The molecular formula is C17H17F2N5O. The lowest BCUT2D eigenvalue weighted by Gasteiger charge is -2.13. The second kappa shape index (κ2) is 7.25. The van der Waals surface area contributed by atoms with Crippen molar-refractivity contribution in [1.29, 1.82) is 0 Å². The van der Waals surface area contributed by atoms with Crippen molar-refractivity contribution >= 4 is 11.7 Å². The van der Waals surface area contributed by atoms with E-state index in [1.165, 1.54) is 12.1 Å². The zero-order valence-electron chi connectivity index (χ0n) is 13.5.